The topological polar surface area (TPSA) is 49.8 Å². The molecule has 0 aromatic heterocycles. The zero-order valence-electron chi connectivity index (χ0n) is 9.22. The highest BCUT2D eigenvalue weighted by Crippen LogP contribution is 2.16. The smallest absolute Gasteiger partial charge is 0.410 e. The Morgan fingerprint density at radius 1 is 1.44 bits per heavy atom. The highest BCUT2D eigenvalue weighted by molar-refractivity contribution is 5.70. The molecular formula is C12H15NO3. The minimum absolute atomic E-state index is 0.0579. The van der Waals surface area contributed by atoms with Gasteiger partial charge in [-0.05, 0) is 12.5 Å². The second kappa shape index (κ2) is 4.53. The summed E-state index contributed by atoms with van der Waals surface area (Å²) in [5, 5.41) is 9.10. The Hall–Kier alpha value is -1.55. The minimum Gasteiger partial charge on any atom is -0.447 e. The fourth-order valence-electron chi connectivity index (χ4n) is 1.72. The molecule has 1 unspecified atom stereocenters. The van der Waals surface area contributed by atoms with Crippen molar-refractivity contribution in [2.75, 3.05) is 13.2 Å². The predicted molar refractivity (Wildman–Crippen MR) is 58.9 cm³/mol. The van der Waals surface area contributed by atoms with Gasteiger partial charge in [-0.3, -0.25) is 4.90 Å². The average Bonchev–Trinajstić information content (AvgIpc) is 2.63. The molecule has 2 rings (SSSR count). The molecule has 4 heteroatoms. The van der Waals surface area contributed by atoms with E-state index in [1.807, 2.05) is 31.2 Å². The maximum absolute atomic E-state index is 11.4. The minimum atomic E-state index is -0.348. The summed E-state index contributed by atoms with van der Waals surface area (Å²) >= 11 is 0. The Morgan fingerprint density at radius 2 is 2.12 bits per heavy atom. The van der Waals surface area contributed by atoms with Gasteiger partial charge in [0.1, 0.15) is 6.61 Å². The van der Waals surface area contributed by atoms with E-state index in [4.69, 9.17) is 9.84 Å². The summed E-state index contributed by atoms with van der Waals surface area (Å²) in [6.07, 6.45) is -0.348. The van der Waals surface area contributed by atoms with E-state index in [2.05, 4.69) is 0 Å². The summed E-state index contributed by atoms with van der Waals surface area (Å²) in [4.78, 5) is 13.0. The standard InChI is InChI=1S/C12H15NO3/c1-9-2-4-10(5-3-9)6-13-11(7-14)8-16-12(13)15/h2-5,11,14H,6-8H2,1H3. The van der Waals surface area contributed by atoms with E-state index in [0.717, 1.165) is 5.56 Å². The molecule has 1 heterocycles. The molecular weight excluding hydrogens is 206 g/mol. The predicted octanol–water partition coefficient (Wildman–Crippen LogP) is 1.31. The first-order valence-electron chi connectivity index (χ1n) is 5.30. The molecule has 1 amide bonds. The average molecular weight is 221 g/mol. The molecule has 1 aromatic carbocycles. The molecule has 1 fully saturated rings. The Bertz CT molecular complexity index is 374. The SMILES string of the molecule is Cc1ccc(CN2C(=O)OCC2CO)cc1. The van der Waals surface area contributed by atoms with Crippen LogP contribution < -0.4 is 0 Å². The van der Waals surface area contributed by atoms with Crippen molar-refractivity contribution in [2.45, 2.75) is 19.5 Å². The van der Waals surface area contributed by atoms with E-state index < -0.39 is 0 Å². The van der Waals surface area contributed by atoms with Gasteiger partial charge in [0.15, 0.2) is 0 Å². The van der Waals surface area contributed by atoms with Crippen LogP contribution in [0.5, 0.6) is 0 Å². The van der Waals surface area contributed by atoms with Crippen molar-refractivity contribution >= 4 is 6.09 Å². The lowest BCUT2D eigenvalue weighted by Gasteiger charge is -2.19. The van der Waals surface area contributed by atoms with Gasteiger partial charge in [-0.25, -0.2) is 4.79 Å². The van der Waals surface area contributed by atoms with Crippen molar-refractivity contribution in [2.24, 2.45) is 0 Å². The van der Waals surface area contributed by atoms with Crippen LogP contribution in [-0.2, 0) is 11.3 Å². The van der Waals surface area contributed by atoms with Crippen molar-refractivity contribution in [1.29, 1.82) is 0 Å². The zero-order chi connectivity index (χ0) is 11.5. The summed E-state index contributed by atoms with van der Waals surface area (Å²) in [5.74, 6) is 0. The van der Waals surface area contributed by atoms with Gasteiger partial charge in [0.25, 0.3) is 0 Å². The molecule has 4 nitrogen and oxygen atoms in total. The van der Waals surface area contributed by atoms with Crippen LogP contribution in [0.15, 0.2) is 24.3 Å². The number of amides is 1. The zero-order valence-corrected chi connectivity index (χ0v) is 9.22. The largest absolute Gasteiger partial charge is 0.447 e. The molecule has 16 heavy (non-hydrogen) atoms. The number of carbonyl (C=O) groups is 1. The lowest BCUT2D eigenvalue weighted by molar-refractivity contribution is 0.151. The van der Waals surface area contributed by atoms with E-state index in [-0.39, 0.29) is 25.3 Å². The maximum Gasteiger partial charge on any atom is 0.410 e. The van der Waals surface area contributed by atoms with Gasteiger partial charge in [-0.15, -0.1) is 0 Å². The summed E-state index contributed by atoms with van der Waals surface area (Å²) in [6.45, 7) is 2.73. The molecule has 1 aliphatic rings. The van der Waals surface area contributed by atoms with Crippen LogP contribution in [0.2, 0.25) is 0 Å². The third kappa shape index (κ3) is 2.17. The number of cyclic esters (lactones) is 1. The maximum atomic E-state index is 11.4. The number of hydrogen-bond donors (Lipinski definition) is 1. The number of aryl methyl sites for hydroxylation is 1. The number of rotatable bonds is 3. The van der Waals surface area contributed by atoms with Crippen LogP contribution in [0.25, 0.3) is 0 Å². The molecule has 1 aliphatic heterocycles. The fraction of sp³-hybridized carbons (Fsp3) is 0.417. The highest BCUT2D eigenvalue weighted by atomic mass is 16.6. The quantitative estimate of drug-likeness (QED) is 0.837. The van der Waals surface area contributed by atoms with Crippen molar-refractivity contribution in [3.63, 3.8) is 0 Å². The van der Waals surface area contributed by atoms with Gasteiger partial charge >= 0.3 is 6.09 Å². The fourth-order valence-corrected chi connectivity index (χ4v) is 1.72. The number of carbonyl (C=O) groups excluding carboxylic acids is 1. The van der Waals surface area contributed by atoms with E-state index >= 15 is 0 Å². The summed E-state index contributed by atoms with van der Waals surface area (Å²) in [6, 6.07) is 7.76. The summed E-state index contributed by atoms with van der Waals surface area (Å²) < 4.78 is 4.89. The molecule has 0 saturated carbocycles. The lowest BCUT2D eigenvalue weighted by Crippen LogP contribution is -2.35. The molecule has 0 radical (unpaired) electrons. The normalized spacial score (nSPS) is 20.0. The molecule has 1 N–H and O–H groups in total. The Balaban J connectivity index is 2.08. The number of aliphatic hydroxyl groups is 1. The first-order chi connectivity index (χ1) is 7.70. The van der Waals surface area contributed by atoms with Gasteiger partial charge in [0.2, 0.25) is 0 Å². The van der Waals surface area contributed by atoms with E-state index in [0.29, 0.717) is 6.54 Å². The van der Waals surface area contributed by atoms with Crippen LogP contribution in [0.3, 0.4) is 0 Å². The van der Waals surface area contributed by atoms with Gasteiger partial charge in [-0.2, -0.15) is 0 Å². The Labute approximate surface area is 94.4 Å². The van der Waals surface area contributed by atoms with E-state index in [9.17, 15) is 4.79 Å². The van der Waals surface area contributed by atoms with Crippen LogP contribution in [0.1, 0.15) is 11.1 Å². The van der Waals surface area contributed by atoms with Crippen molar-refractivity contribution in [3.8, 4) is 0 Å². The van der Waals surface area contributed by atoms with Gasteiger partial charge in [0, 0.05) is 6.54 Å². The first-order valence-corrected chi connectivity index (χ1v) is 5.30. The number of aliphatic hydroxyl groups excluding tert-OH is 1. The van der Waals surface area contributed by atoms with Crippen LogP contribution in [0.4, 0.5) is 4.79 Å². The number of nitrogens with zero attached hydrogens (tertiary/aromatic N) is 1. The Kier molecular flexibility index (Phi) is 3.10. The van der Waals surface area contributed by atoms with Gasteiger partial charge in [0.05, 0.1) is 12.6 Å². The van der Waals surface area contributed by atoms with Crippen molar-refractivity contribution in [3.05, 3.63) is 35.4 Å². The second-order valence-corrected chi connectivity index (χ2v) is 4.03. The molecule has 86 valence electrons. The molecule has 0 aliphatic carbocycles. The van der Waals surface area contributed by atoms with Gasteiger partial charge < -0.3 is 9.84 Å². The van der Waals surface area contributed by atoms with E-state index in [1.165, 1.54) is 5.56 Å². The van der Waals surface area contributed by atoms with Crippen molar-refractivity contribution < 1.29 is 14.6 Å². The second-order valence-electron chi connectivity index (χ2n) is 4.03. The van der Waals surface area contributed by atoms with Crippen LogP contribution >= 0.6 is 0 Å². The van der Waals surface area contributed by atoms with Gasteiger partial charge in [-0.1, -0.05) is 29.8 Å². The summed E-state index contributed by atoms with van der Waals surface area (Å²) in [7, 11) is 0. The van der Waals surface area contributed by atoms with Crippen LogP contribution in [0, 0.1) is 6.92 Å². The van der Waals surface area contributed by atoms with Crippen molar-refractivity contribution in [1.82, 2.24) is 4.90 Å². The number of benzene rings is 1. The van der Waals surface area contributed by atoms with E-state index in [1.54, 1.807) is 4.90 Å². The molecule has 1 atom stereocenters. The number of hydrogen-bond acceptors (Lipinski definition) is 3. The third-order valence-electron chi connectivity index (χ3n) is 2.76. The molecule has 0 spiro atoms. The van der Waals surface area contributed by atoms with Crippen LogP contribution in [-0.4, -0.2) is 35.4 Å². The Morgan fingerprint density at radius 3 is 2.75 bits per heavy atom. The first kappa shape index (κ1) is 11.0. The summed E-state index contributed by atoms with van der Waals surface area (Å²) in [5.41, 5.74) is 2.23. The molecule has 1 saturated heterocycles. The molecule has 1 aromatic rings. The lowest BCUT2D eigenvalue weighted by atomic mass is 10.1. The highest BCUT2D eigenvalue weighted by Gasteiger charge is 2.32. The molecule has 0 bridgehead atoms. The monoisotopic (exact) mass is 221 g/mol. The number of ether oxygens (including phenoxy) is 1. The third-order valence-corrected chi connectivity index (χ3v) is 2.76.